The number of benzene rings is 2. The normalized spacial score (nSPS) is 17.6. The Labute approximate surface area is 240 Å². The fourth-order valence-corrected chi connectivity index (χ4v) is 6.09. The maximum absolute atomic E-state index is 16.0. The van der Waals surface area contributed by atoms with E-state index in [1.165, 1.54) is 12.1 Å². The van der Waals surface area contributed by atoms with Crippen LogP contribution in [0.3, 0.4) is 0 Å². The van der Waals surface area contributed by atoms with Crippen LogP contribution in [0.5, 0.6) is 0 Å². The van der Waals surface area contributed by atoms with E-state index >= 15 is 4.39 Å². The lowest BCUT2D eigenvalue weighted by atomic mass is 9.82. The van der Waals surface area contributed by atoms with Crippen LogP contribution in [0.1, 0.15) is 58.3 Å². The van der Waals surface area contributed by atoms with E-state index in [1.54, 1.807) is 39.0 Å². The summed E-state index contributed by atoms with van der Waals surface area (Å²) < 4.78 is 72.8. The van der Waals surface area contributed by atoms with E-state index in [2.05, 4.69) is 5.10 Å². The lowest BCUT2D eigenvalue weighted by Gasteiger charge is -2.34. The van der Waals surface area contributed by atoms with Crippen LogP contribution in [0.15, 0.2) is 41.2 Å². The van der Waals surface area contributed by atoms with Crippen molar-refractivity contribution in [1.29, 1.82) is 0 Å². The van der Waals surface area contributed by atoms with Crippen molar-refractivity contribution in [3.63, 3.8) is 0 Å². The standard InChI is InChI=1S/C31H33F5N4O2/c1-16-5-4-6-17(2)26(16)20-12-22(28(33)23(13-20)31(34,35)36)27(19-7-8-19)29(30(37)42)40-25(41)11-18(3)24(38-40)9-10-39-14-21(32)15-39/h4-6,11-13,19,21,27,29H,7-10,14-15H2,1-3H3,(H2,37,42). The molecule has 1 saturated carbocycles. The molecule has 11 heteroatoms. The van der Waals surface area contributed by atoms with Crippen molar-refractivity contribution in [2.24, 2.45) is 11.7 Å². The van der Waals surface area contributed by atoms with Gasteiger partial charge in [0.15, 0.2) is 0 Å². The Bertz CT molecular complexity index is 1550. The Kier molecular flexibility index (Phi) is 8.00. The van der Waals surface area contributed by atoms with E-state index in [9.17, 15) is 27.2 Å². The highest BCUT2D eigenvalue weighted by atomic mass is 19.4. The summed E-state index contributed by atoms with van der Waals surface area (Å²) in [6.45, 7) is 6.26. The molecule has 5 rings (SSSR count). The molecule has 0 bridgehead atoms. The van der Waals surface area contributed by atoms with Crippen molar-refractivity contribution in [3.8, 4) is 11.1 Å². The molecule has 42 heavy (non-hydrogen) atoms. The maximum atomic E-state index is 16.0. The Morgan fingerprint density at radius 3 is 2.26 bits per heavy atom. The highest BCUT2D eigenvalue weighted by Crippen LogP contribution is 2.51. The zero-order valence-corrected chi connectivity index (χ0v) is 23.6. The van der Waals surface area contributed by atoms with Crippen LogP contribution in [0.4, 0.5) is 22.0 Å². The third-order valence-electron chi connectivity index (χ3n) is 8.39. The van der Waals surface area contributed by atoms with Gasteiger partial charge in [0.1, 0.15) is 18.0 Å². The Morgan fingerprint density at radius 2 is 1.71 bits per heavy atom. The number of primary amides is 1. The van der Waals surface area contributed by atoms with E-state index in [0.29, 0.717) is 66.8 Å². The van der Waals surface area contributed by atoms with Gasteiger partial charge in [0.2, 0.25) is 5.91 Å². The topological polar surface area (TPSA) is 81.2 Å². The number of alkyl halides is 4. The van der Waals surface area contributed by atoms with Crippen LogP contribution in [-0.4, -0.2) is 46.4 Å². The number of rotatable bonds is 9. The van der Waals surface area contributed by atoms with Crippen molar-refractivity contribution in [1.82, 2.24) is 14.7 Å². The molecule has 224 valence electrons. The first-order chi connectivity index (χ1) is 19.8. The van der Waals surface area contributed by atoms with Crippen molar-refractivity contribution < 1.29 is 26.7 Å². The zero-order valence-electron chi connectivity index (χ0n) is 23.6. The molecule has 2 aliphatic rings. The lowest BCUT2D eigenvalue weighted by Crippen LogP contribution is -2.49. The second-order valence-electron chi connectivity index (χ2n) is 11.6. The molecule has 2 atom stereocenters. The van der Waals surface area contributed by atoms with Gasteiger partial charge < -0.3 is 5.73 Å². The number of aryl methyl sites for hydroxylation is 3. The van der Waals surface area contributed by atoms with Gasteiger partial charge in [-0.05, 0) is 85.0 Å². The molecule has 2 unspecified atom stereocenters. The number of carbonyl (C=O) groups is 1. The van der Waals surface area contributed by atoms with Gasteiger partial charge in [0.05, 0.1) is 11.3 Å². The number of amides is 1. The van der Waals surface area contributed by atoms with Crippen LogP contribution in [0, 0.1) is 32.5 Å². The lowest BCUT2D eigenvalue weighted by molar-refractivity contribution is -0.140. The average molecular weight is 589 g/mol. The summed E-state index contributed by atoms with van der Waals surface area (Å²) in [5.41, 5.74) is 6.54. The molecule has 2 aromatic carbocycles. The largest absolute Gasteiger partial charge is 0.419 e. The molecular formula is C31H33F5N4O2. The molecule has 1 aliphatic carbocycles. The average Bonchev–Trinajstić information content (AvgIpc) is 3.71. The van der Waals surface area contributed by atoms with Crippen LogP contribution in [0.25, 0.3) is 11.1 Å². The Hall–Kier alpha value is -3.60. The summed E-state index contributed by atoms with van der Waals surface area (Å²) in [7, 11) is 0. The minimum absolute atomic E-state index is 0.161. The monoisotopic (exact) mass is 588 g/mol. The van der Waals surface area contributed by atoms with Crippen LogP contribution < -0.4 is 11.3 Å². The first-order valence-electron chi connectivity index (χ1n) is 14.0. The van der Waals surface area contributed by atoms with Crippen molar-refractivity contribution >= 4 is 5.91 Å². The van der Waals surface area contributed by atoms with Gasteiger partial charge in [-0.3, -0.25) is 14.5 Å². The van der Waals surface area contributed by atoms with Crippen LogP contribution >= 0.6 is 0 Å². The van der Waals surface area contributed by atoms with Gasteiger partial charge in [-0.1, -0.05) is 18.2 Å². The molecule has 1 saturated heterocycles. The van der Waals surface area contributed by atoms with Gasteiger partial charge in [0, 0.05) is 38.0 Å². The molecule has 0 spiro atoms. The van der Waals surface area contributed by atoms with Crippen molar-refractivity contribution in [2.75, 3.05) is 19.6 Å². The SMILES string of the molecule is Cc1cc(=O)n(C(C(N)=O)C(c2cc(-c3c(C)cccc3C)cc(C(F)(F)F)c2F)C2CC2)nc1CCN1CC(F)C1. The summed E-state index contributed by atoms with van der Waals surface area (Å²) in [4.78, 5) is 28.1. The Balaban J connectivity index is 1.66. The molecule has 3 aromatic rings. The highest BCUT2D eigenvalue weighted by molar-refractivity contribution is 5.80. The number of nitrogens with two attached hydrogens (primary N) is 1. The van der Waals surface area contributed by atoms with Crippen molar-refractivity contribution in [2.45, 2.75) is 64.3 Å². The maximum Gasteiger partial charge on any atom is 0.419 e. The number of carbonyl (C=O) groups excluding carboxylic acids is 1. The first kappa shape index (κ1) is 29.9. The predicted octanol–water partition coefficient (Wildman–Crippen LogP) is 5.41. The smallest absolute Gasteiger partial charge is 0.368 e. The number of halogens is 5. The molecule has 1 amide bonds. The summed E-state index contributed by atoms with van der Waals surface area (Å²) in [5.74, 6) is -4.02. The second-order valence-corrected chi connectivity index (χ2v) is 11.6. The molecule has 2 fully saturated rings. The minimum atomic E-state index is -5.01. The fourth-order valence-electron chi connectivity index (χ4n) is 6.09. The van der Waals surface area contributed by atoms with Gasteiger partial charge >= 0.3 is 6.18 Å². The number of aromatic nitrogens is 2. The van der Waals surface area contributed by atoms with E-state index < -0.39 is 47.2 Å². The summed E-state index contributed by atoms with van der Waals surface area (Å²) in [6.07, 6.45) is -4.50. The molecule has 2 N–H and O–H groups in total. The summed E-state index contributed by atoms with van der Waals surface area (Å²) >= 11 is 0. The molecule has 0 radical (unpaired) electrons. The van der Waals surface area contributed by atoms with Gasteiger partial charge in [-0.2, -0.15) is 18.3 Å². The summed E-state index contributed by atoms with van der Waals surface area (Å²) in [6, 6.07) is 7.22. The van der Waals surface area contributed by atoms with Crippen LogP contribution in [0.2, 0.25) is 0 Å². The first-order valence-corrected chi connectivity index (χ1v) is 14.0. The number of hydrogen-bond donors (Lipinski definition) is 1. The molecule has 6 nitrogen and oxygen atoms in total. The zero-order chi connectivity index (χ0) is 30.5. The minimum Gasteiger partial charge on any atom is -0.368 e. The third-order valence-corrected chi connectivity index (χ3v) is 8.39. The van der Waals surface area contributed by atoms with E-state index in [4.69, 9.17) is 5.73 Å². The molecule has 1 aromatic heterocycles. The summed E-state index contributed by atoms with van der Waals surface area (Å²) in [5, 5.41) is 4.45. The van der Waals surface area contributed by atoms with E-state index in [-0.39, 0.29) is 17.0 Å². The second kappa shape index (κ2) is 11.2. The Morgan fingerprint density at radius 1 is 1.07 bits per heavy atom. The van der Waals surface area contributed by atoms with Gasteiger partial charge in [-0.15, -0.1) is 0 Å². The van der Waals surface area contributed by atoms with Gasteiger partial charge in [0.25, 0.3) is 5.56 Å². The van der Waals surface area contributed by atoms with Gasteiger partial charge in [-0.25, -0.2) is 13.5 Å². The molecule has 2 heterocycles. The quantitative estimate of drug-likeness (QED) is 0.339. The van der Waals surface area contributed by atoms with E-state index in [0.717, 1.165) is 10.7 Å². The number of hydrogen-bond acceptors (Lipinski definition) is 4. The van der Waals surface area contributed by atoms with Crippen molar-refractivity contribution in [3.05, 3.63) is 86.1 Å². The highest BCUT2D eigenvalue weighted by Gasteiger charge is 2.46. The van der Waals surface area contributed by atoms with Crippen LogP contribution in [-0.2, 0) is 17.4 Å². The van der Waals surface area contributed by atoms with E-state index in [1.807, 2.05) is 4.90 Å². The molecule has 1 aliphatic heterocycles. The fraction of sp³-hybridized carbons (Fsp3) is 0.452. The molecular weight excluding hydrogens is 555 g/mol. The number of nitrogens with zero attached hydrogens (tertiary/aromatic N) is 3. The number of likely N-dealkylation sites (tertiary alicyclic amines) is 1. The predicted molar refractivity (Wildman–Crippen MR) is 148 cm³/mol. The third kappa shape index (κ3) is 5.84.